The minimum atomic E-state index is -0.300. The van der Waals surface area contributed by atoms with Crippen LogP contribution in [0.25, 0.3) is 11.0 Å². The lowest BCUT2D eigenvalue weighted by molar-refractivity contribution is 0.517. The van der Waals surface area contributed by atoms with Gasteiger partial charge in [0, 0.05) is 12.6 Å². The minimum absolute atomic E-state index is 0.196. The van der Waals surface area contributed by atoms with Gasteiger partial charge in [-0.1, -0.05) is 13.8 Å². The van der Waals surface area contributed by atoms with Crippen molar-refractivity contribution in [3.63, 3.8) is 0 Å². The number of benzene rings is 1. The second kappa shape index (κ2) is 5.17. The molecule has 2 rings (SSSR count). The summed E-state index contributed by atoms with van der Waals surface area (Å²) in [6, 6.07) is 3.21. The third kappa shape index (κ3) is 2.54. The fourth-order valence-corrected chi connectivity index (χ4v) is 2.50. The number of halogens is 3. The predicted octanol–water partition coefficient (Wildman–Crippen LogP) is 4.89. The molecule has 1 unspecified atom stereocenters. The van der Waals surface area contributed by atoms with Gasteiger partial charge in [0.15, 0.2) is 0 Å². The largest absolute Gasteiger partial charge is 0.326 e. The summed E-state index contributed by atoms with van der Waals surface area (Å²) >= 11 is 9.37. The van der Waals surface area contributed by atoms with Crippen LogP contribution >= 0.6 is 27.5 Å². The Bertz CT molecular complexity index is 578. The Balaban J connectivity index is 2.68. The molecule has 98 valence electrons. The molecular weight excluding hydrogens is 319 g/mol. The van der Waals surface area contributed by atoms with Crippen molar-refractivity contribution in [3.8, 4) is 0 Å². The van der Waals surface area contributed by atoms with Crippen LogP contribution in [-0.4, -0.2) is 9.55 Å². The van der Waals surface area contributed by atoms with E-state index < -0.39 is 0 Å². The van der Waals surface area contributed by atoms with E-state index in [0.29, 0.717) is 15.9 Å². The summed E-state index contributed by atoms with van der Waals surface area (Å²) in [4.78, 5) is 4.44. The molecule has 0 radical (unpaired) electrons. The zero-order valence-electron chi connectivity index (χ0n) is 10.5. The second-order valence-corrected chi connectivity index (χ2v) is 6.35. The predicted molar refractivity (Wildman–Crippen MR) is 76.5 cm³/mol. The molecule has 0 bridgehead atoms. The zero-order valence-corrected chi connectivity index (χ0v) is 12.9. The van der Waals surface area contributed by atoms with Gasteiger partial charge in [-0.15, -0.1) is 11.6 Å². The van der Waals surface area contributed by atoms with Gasteiger partial charge in [-0.05, 0) is 34.8 Å². The van der Waals surface area contributed by atoms with Crippen molar-refractivity contribution in [2.75, 3.05) is 0 Å². The van der Waals surface area contributed by atoms with E-state index in [9.17, 15) is 4.39 Å². The Hall–Kier alpha value is -0.610. The molecule has 2 nitrogen and oxygen atoms in total. The SMILES string of the molecule is CC(C)Cn1c(C(C)Cl)nc2cc(F)c(Br)cc21. The Morgan fingerprint density at radius 1 is 1.39 bits per heavy atom. The van der Waals surface area contributed by atoms with Crippen molar-refractivity contribution < 1.29 is 4.39 Å². The first kappa shape index (κ1) is 13.8. The third-order valence-corrected chi connectivity index (χ3v) is 3.53. The summed E-state index contributed by atoms with van der Waals surface area (Å²) in [6.45, 7) is 6.96. The number of hydrogen-bond acceptors (Lipinski definition) is 1. The van der Waals surface area contributed by atoms with E-state index in [2.05, 4.69) is 39.3 Å². The molecule has 0 fully saturated rings. The van der Waals surface area contributed by atoms with Crippen molar-refractivity contribution in [1.29, 1.82) is 0 Å². The minimum Gasteiger partial charge on any atom is -0.326 e. The summed E-state index contributed by atoms with van der Waals surface area (Å²) in [5, 5.41) is -0.196. The summed E-state index contributed by atoms with van der Waals surface area (Å²) in [5.74, 6) is 0.962. The van der Waals surface area contributed by atoms with Gasteiger partial charge in [0.25, 0.3) is 0 Å². The molecule has 0 saturated heterocycles. The number of nitrogens with zero attached hydrogens (tertiary/aromatic N) is 2. The topological polar surface area (TPSA) is 17.8 Å². The first-order chi connectivity index (χ1) is 8.40. The smallest absolute Gasteiger partial charge is 0.139 e. The maximum Gasteiger partial charge on any atom is 0.139 e. The van der Waals surface area contributed by atoms with Crippen molar-refractivity contribution in [2.45, 2.75) is 32.7 Å². The first-order valence-corrected chi connectivity index (χ1v) is 7.12. The lowest BCUT2D eigenvalue weighted by atomic mass is 10.2. The van der Waals surface area contributed by atoms with Crippen molar-refractivity contribution >= 4 is 38.6 Å². The van der Waals surface area contributed by atoms with Gasteiger partial charge in [-0.25, -0.2) is 9.37 Å². The quantitative estimate of drug-likeness (QED) is 0.731. The molecule has 2 aromatic rings. The third-order valence-electron chi connectivity index (χ3n) is 2.72. The fourth-order valence-electron chi connectivity index (χ4n) is 2.00. The highest BCUT2D eigenvalue weighted by atomic mass is 79.9. The Morgan fingerprint density at radius 2 is 2.06 bits per heavy atom. The van der Waals surface area contributed by atoms with Crippen LogP contribution in [0.4, 0.5) is 4.39 Å². The maximum absolute atomic E-state index is 13.5. The van der Waals surface area contributed by atoms with E-state index in [-0.39, 0.29) is 11.2 Å². The Kier molecular flexibility index (Phi) is 3.97. The summed E-state index contributed by atoms with van der Waals surface area (Å²) in [6.07, 6.45) is 0. The average Bonchev–Trinajstić information content (AvgIpc) is 2.57. The molecule has 0 N–H and O–H groups in total. The van der Waals surface area contributed by atoms with Crippen LogP contribution in [0.3, 0.4) is 0 Å². The second-order valence-electron chi connectivity index (χ2n) is 4.85. The van der Waals surface area contributed by atoms with Crippen LogP contribution in [0, 0.1) is 11.7 Å². The molecular formula is C13H15BrClFN2. The molecule has 18 heavy (non-hydrogen) atoms. The standard InChI is InChI=1S/C13H15BrClFN2/c1-7(2)6-18-12-4-9(14)10(16)5-11(12)17-13(18)8(3)15/h4-5,7-8H,6H2,1-3H3. The van der Waals surface area contributed by atoms with E-state index >= 15 is 0 Å². The molecule has 0 aliphatic carbocycles. The molecule has 0 spiro atoms. The van der Waals surface area contributed by atoms with Crippen molar-refractivity contribution in [1.82, 2.24) is 9.55 Å². The highest BCUT2D eigenvalue weighted by molar-refractivity contribution is 9.10. The molecule has 1 aromatic carbocycles. The number of imidazole rings is 1. The Morgan fingerprint density at radius 3 is 2.61 bits per heavy atom. The number of hydrogen-bond donors (Lipinski definition) is 0. The number of fused-ring (bicyclic) bond motifs is 1. The maximum atomic E-state index is 13.5. The van der Waals surface area contributed by atoms with E-state index in [4.69, 9.17) is 11.6 Å². The normalized spacial score (nSPS) is 13.5. The summed E-state index contributed by atoms with van der Waals surface area (Å²) < 4.78 is 16.0. The molecule has 1 aromatic heterocycles. The van der Waals surface area contributed by atoms with Gasteiger partial charge in [-0.2, -0.15) is 0 Å². The summed E-state index contributed by atoms with van der Waals surface area (Å²) in [5.41, 5.74) is 1.57. The van der Waals surface area contributed by atoms with Crippen LogP contribution in [0.15, 0.2) is 16.6 Å². The van der Waals surface area contributed by atoms with E-state index in [0.717, 1.165) is 17.9 Å². The van der Waals surface area contributed by atoms with Crippen LogP contribution in [0.5, 0.6) is 0 Å². The van der Waals surface area contributed by atoms with Crippen LogP contribution in [0.1, 0.15) is 32.0 Å². The Labute approximate surface area is 119 Å². The van der Waals surface area contributed by atoms with E-state index in [1.807, 2.05) is 6.92 Å². The molecule has 0 aliphatic heterocycles. The van der Waals surface area contributed by atoms with E-state index in [1.54, 1.807) is 6.07 Å². The summed E-state index contributed by atoms with van der Waals surface area (Å²) in [7, 11) is 0. The van der Waals surface area contributed by atoms with Gasteiger partial charge >= 0.3 is 0 Å². The van der Waals surface area contributed by atoms with Crippen LogP contribution < -0.4 is 0 Å². The highest BCUT2D eigenvalue weighted by Crippen LogP contribution is 2.29. The number of aromatic nitrogens is 2. The monoisotopic (exact) mass is 332 g/mol. The average molecular weight is 334 g/mol. The molecule has 1 atom stereocenters. The van der Waals surface area contributed by atoms with Gasteiger partial charge in [0.1, 0.15) is 11.6 Å². The van der Waals surface area contributed by atoms with Gasteiger partial charge < -0.3 is 4.57 Å². The fraction of sp³-hybridized carbons (Fsp3) is 0.462. The zero-order chi connectivity index (χ0) is 13.4. The van der Waals surface area contributed by atoms with Crippen molar-refractivity contribution in [2.24, 2.45) is 5.92 Å². The lowest BCUT2D eigenvalue weighted by Gasteiger charge is -2.12. The first-order valence-electron chi connectivity index (χ1n) is 5.89. The molecule has 0 aliphatic rings. The molecule has 0 saturated carbocycles. The van der Waals surface area contributed by atoms with Crippen LogP contribution in [-0.2, 0) is 6.54 Å². The van der Waals surface area contributed by atoms with Gasteiger partial charge in [0.05, 0.1) is 20.9 Å². The number of rotatable bonds is 3. The highest BCUT2D eigenvalue weighted by Gasteiger charge is 2.17. The molecule has 1 heterocycles. The van der Waals surface area contributed by atoms with Gasteiger partial charge in [-0.3, -0.25) is 0 Å². The number of alkyl halides is 1. The van der Waals surface area contributed by atoms with Crippen LogP contribution in [0.2, 0.25) is 0 Å². The van der Waals surface area contributed by atoms with Crippen molar-refractivity contribution in [3.05, 3.63) is 28.2 Å². The van der Waals surface area contributed by atoms with E-state index in [1.165, 1.54) is 6.07 Å². The van der Waals surface area contributed by atoms with Gasteiger partial charge in [0.2, 0.25) is 0 Å². The molecule has 0 amide bonds. The lowest BCUT2D eigenvalue weighted by Crippen LogP contribution is -2.09. The molecule has 5 heteroatoms.